The summed E-state index contributed by atoms with van der Waals surface area (Å²) in [5.74, 6) is 0.792. The minimum Gasteiger partial charge on any atom is -0.489 e. The van der Waals surface area contributed by atoms with Crippen LogP contribution in [0.5, 0.6) is 5.75 Å². The van der Waals surface area contributed by atoms with Gasteiger partial charge in [-0.3, -0.25) is 4.79 Å². The Hall–Kier alpha value is -2.69. The lowest BCUT2D eigenvalue weighted by Gasteiger charge is -2.21. The first-order valence-electron chi connectivity index (χ1n) is 9.67. The first-order chi connectivity index (χ1) is 13.0. The average Bonchev–Trinajstić information content (AvgIpc) is 2.65. The van der Waals surface area contributed by atoms with E-state index in [1.165, 1.54) is 5.69 Å². The highest BCUT2D eigenvalue weighted by Crippen LogP contribution is 2.24. The van der Waals surface area contributed by atoms with Crippen LogP contribution in [-0.4, -0.2) is 31.6 Å². The molecule has 0 spiro atoms. The SMILES string of the molecule is CCN(CC)c1ccc(NC(=O)CCNc2ccccc2OC(C)C)cc1. The predicted molar refractivity (Wildman–Crippen MR) is 114 cm³/mol. The van der Waals surface area contributed by atoms with Gasteiger partial charge < -0.3 is 20.3 Å². The molecule has 0 saturated heterocycles. The highest BCUT2D eigenvalue weighted by molar-refractivity contribution is 5.91. The van der Waals surface area contributed by atoms with Gasteiger partial charge in [0.15, 0.2) is 0 Å². The third-order valence-corrected chi connectivity index (χ3v) is 4.20. The van der Waals surface area contributed by atoms with Crippen molar-refractivity contribution in [2.24, 2.45) is 0 Å². The quantitative estimate of drug-likeness (QED) is 0.634. The lowest BCUT2D eigenvalue weighted by Crippen LogP contribution is -2.21. The van der Waals surface area contributed by atoms with Gasteiger partial charge in [-0.15, -0.1) is 0 Å². The van der Waals surface area contributed by atoms with Crippen molar-refractivity contribution in [3.63, 3.8) is 0 Å². The van der Waals surface area contributed by atoms with Crippen molar-refractivity contribution < 1.29 is 9.53 Å². The summed E-state index contributed by atoms with van der Waals surface area (Å²) in [5, 5.41) is 6.23. The Labute approximate surface area is 162 Å². The van der Waals surface area contributed by atoms with E-state index < -0.39 is 0 Å². The van der Waals surface area contributed by atoms with Gasteiger partial charge in [-0.25, -0.2) is 0 Å². The Bertz CT molecular complexity index is 710. The molecular formula is C22H31N3O2. The molecule has 0 aliphatic rings. The van der Waals surface area contributed by atoms with Gasteiger partial charge in [-0.05, 0) is 64.1 Å². The zero-order chi connectivity index (χ0) is 19.6. The van der Waals surface area contributed by atoms with Crippen LogP contribution in [0.1, 0.15) is 34.1 Å². The maximum absolute atomic E-state index is 12.2. The molecular weight excluding hydrogens is 338 g/mol. The Morgan fingerprint density at radius 2 is 1.70 bits per heavy atom. The molecule has 2 N–H and O–H groups in total. The van der Waals surface area contributed by atoms with Crippen molar-refractivity contribution in [3.8, 4) is 5.75 Å². The van der Waals surface area contributed by atoms with E-state index in [9.17, 15) is 4.79 Å². The number of carbonyl (C=O) groups excluding carboxylic acids is 1. The van der Waals surface area contributed by atoms with Crippen molar-refractivity contribution in [1.82, 2.24) is 0 Å². The van der Waals surface area contributed by atoms with Crippen LogP contribution >= 0.6 is 0 Å². The molecule has 5 nitrogen and oxygen atoms in total. The fraction of sp³-hybridized carbons (Fsp3) is 0.409. The molecule has 0 aromatic heterocycles. The van der Waals surface area contributed by atoms with Crippen LogP contribution in [0.4, 0.5) is 17.1 Å². The number of ether oxygens (including phenoxy) is 1. The van der Waals surface area contributed by atoms with Crippen LogP contribution in [0.3, 0.4) is 0 Å². The number of benzene rings is 2. The molecule has 1 amide bonds. The molecule has 27 heavy (non-hydrogen) atoms. The van der Waals surface area contributed by atoms with Gasteiger partial charge in [0.1, 0.15) is 5.75 Å². The zero-order valence-electron chi connectivity index (χ0n) is 16.8. The molecule has 0 heterocycles. The van der Waals surface area contributed by atoms with Crippen molar-refractivity contribution in [2.75, 3.05) is 35.2 Å². The standard InChI is InChI=1S/C22H31N3O2/c1-5-25(6-2)19-13-11-18(12-14-19)24-22(26)15-16-23-20-9-7-8-10-21(20)27-17(3)4/h7-14,17,23H,5-6,15-16H2,1-4H3,(H,24,26). The number of anilines is 3. The number of nitrogens with zero attached hydrogens (tertiary/aromatic N) is 1. The normalized spacial score (nSPS) is 10.6. The fourth-order valence-corrected chi connectivity index (χ4v) is 2.85. The minimum atomic E-state index is -0.0136. The summed E-state index contributed by atoms with van der Waals surface area (Å²) in [4.78, 5) is 14.5. The van der Waals surface area contributed by atoms with Crippen LogP contribution in [0, 0.1) is 0 Å². The topological polar surface area (TPSA) is 53.6 Å². The van der Waals surface area contributed by atoms with E-state index in [1.807, 2.05) is 62.4 Å². The second-order valence-electron chi connectivity index (χ2n) is 6.61. The number of amides is 1. The largest absolute Gasteiger partial charge is 0.489 e. The van der Waals surface area contributed by atoms with Crippen molar-refractivity contribution in [3.05, 3.63) is 48.5 Å². The van der Waals surface area contributed by atoms with E-state index in [2.05, 4.69) is 29.4 Å². The summed E-state index contributed by atoms with van der Waals surface area (Å²) in [6.07, 6.45) is 0.490. The molecule has 0 atom stereocenters. The van der Waals surface area contributed by atoms with Crippen LogP contribution in [0.15, 0.2) is 48.5 Å². The molecule has 2 rings (SSSR count). The summed E-state index contributed by atoms with van der Waals surface area (Å²) in [6.45, 7) is 10.7. The van der Waals surface area contributed by atoms with E-state index in [0.29, 0.717) is 13.0 Å². The van der Waals surface area contributed by atoms with E-state index in [0.717, 1.165) is 30.2 Å². The zero-order valence-corrected chi connectivity index (χ0v) is 16.8. The summed E-state index contributed by atoms with van der Waals surface area (Å²) in [6, 6.07) is 15.8. The van der Waals surface area contributed by atoms with Crippen molar-refractivity contribution >= 4 is 23.0 Å². The second-order valence-corrected chi connectivity index (χ2v) is 6.61. The Morgan fingerprint density at radius 3 is 2.33 bits per heavy atom. The van der Waals surface area contributed by atoms with E-state index in [1.54, 1.807) is 0 Å². The molecule has 0 fully saturated rings. The molecule has 0 aliphatic heterocycles. The number of hydrogen-bond donors (Lipinski definition) is 2. The molecule has 0 bridgehead atoms. The first kappa shape index (κ1) is 20.6. The van der Waals surface area contributed by atoms with Gasteiger partial charge in [-0.1, -0.05) is 12.1 Å². The van der Waals surface area contributed by atoms with Gasteiger partial charge in [0, 0.05) is 37.4 Å². The highest BCUT2D eigenvalue weighted by Gasteiger charge is 2.07. The summed E-state index contributed by atoms with van der Waals surface area (Å²) < 4.78 is 5.78. The summed E-state index contributed by atoms with van der Waals surface area (Å²) in [5.41, 5.74) is 2.89. The lowest BCUT2D eigenvalue weighted by molar-refractivity contribution is -0.115. The minimum absolute atomic E-state index is 0.0136. The van der Waals surface area contributed by atoms with Gasteiger partial charge >= 0.3 is 0 Å². The maximum atomic E-state index is 12.2. The molecule has 0 radical (unpaired) electrons. The summed E-state index contributed by atoms with van der Waals surface area (Å²) in [7, 11) is 0. The van der Waals surface area contributed by atoms with Crippen molar-refractivity contribution in [1.29, 1.82) is 0 Å². The van der Waals surface area contributed by atoms with Crippen molar-refractivity contribution in [2.45, 2.75) is 40.2 Å². The Morgan fingerprint density at radius 1 is 1.04 bits per heavy atom. The Balaban J connectivity index is 1.83. The molecule has 146 valence electrons. The van der Waals surface area contributed by atoms with Gasteiger partial charge in [0.2, 0.25) is 5.91 Å². The molecule has 0 unspecified atom stereocenters. The number of carbonyl (C=O) groups is 1. The first-order valence-corrected chi connectivity index (χ1v) is 9.67. The number of hydrogen-bond acceptors (Lipinski definition) is 4. The average molecular weight is 370 g/mol. The van der Waals surface area contributed by atoms with Crippen LogP contribution < -0.4 is 20.3 Å². The number of rotatable bonds is 10. The number of nitrogens with one attached hydrogen (secondary N) is 2. The van der Waals surface area contributed by atoms with Gasteiger partial charge in [0.05, 0.1) is 11.8 Å². The van der Waals surface area contributed by atoms with Crippen LogP contribution in [0.2, 0.25) is 0 Å². The number of para-hydroxylation sites is 2. The molecule has 2 aromatic carbocycles. The third kappa shape index (κ3) is 6.51. The third-order valence-electron chi connectivity index (χ3n) is 4.20. The van der Waals surface area contributed by atoms with Crippen LogP contribution in [0.25, 0.3) is 0 Å². The monoisotopic (exact) mass is 369 g/mol. The van der Waals surface area contributed by atoms with Gasteiger partial charge in [-0.2, -0.15) is 0 Å². The second kappa shape index (κ2) is 10.5. The predicted octanol–water partition coefficient (Wildman–Crippen LogP) is 4.76. The van der Waals surface area contributed by atoms with E-state index in [4.69, 9.17) is 4.74 Å². The maximum Gasteiger partial charge on any atom is 0.226 e. The Kier molecular flexibility index (Phi) is 7.99. The fourth-order valence-electron chi connectivity index (χ4n) is 2.85. The molecule has 5 heteroatoms. The smallest absolute Gasteiger partial charge is 0.226 e. The lowest BCUT2D eigenvalue weighted by atomic mass is 10.2. The molecule has 0 saturated carbocycles. The highest BCUT2D eigenvalue weighted by atomic mass is 16.5. The molecule has 0 aliphatic carbocycles. The van der Waals surface area contributed by atoms with E-state index in [-0.39, 0.29) is 12.0 Å². The van der Waals surface area contributed by atoms with Crippen LogP contribution in [-0.2, 0) is 4.79 Å². The van der Waals surface area contributed by atoms with E-state index >= 15 is 0 Å². The van der Waals surface area contributed by atoms with Gasteiger partial charge in [0.25, 0.3) is 0 Å². The summed E-state index contributed by atoms with van der Waals surface area (Å²) >= 11 is 0. The molecule has 2 aromatic rings.